The zero-order valence-electron chi connectivity index (χ0n) is 1.64. The van der Waals surface area contributed by atoms with Crippen molar-refractivity contribution >= 4 is 0 Å². The molecular weight excluding hydrogens is 102 g/mol. The van der Waals surface area contributed by atoms with Crippen LogP contribution < -0.4 is 0 Å². The fraction of sp³-hybridized carbons (Fsp3) is 0. The van der Waals surface area contributed by atoms with E-state index in [0.29, 0.717) is 0 Å². The van der Waals surface area contributed by atoms with E-state index in [-0.39, 0.29) is 0 Å². The Balaban J connectivity index is 2.80. The Morgan fingerprint density at radius 3 is 2.00 bits per heavy atom. The third kappa shape index (κ3) is 250. The molecule has 0 aliphatic heterocycles. The number of rotatable bonds is 0. The molecule has 0 heterocycles. The van der Waals surface area contributed by atoms with Crippen molar-refractivity contribution in [3.8, 4) is 0 Å². The van der Waals surface area contributed by atoms with Crippen LogP contribution in [0.2, 0.25) is 0 Å². The van der Waals surface area contributed by atoms with Gasteiger partial charge in [0.15, 0.2) is 0 Å². The molecule has 0 saturated heterocycles. The number of hydrogen-bond acceptors (Lipinski definition) is 2. The van der Waals surface area contributed by atoms with Crippen LogP contribution in [0.1, 0.15) is 0 Å². The summed E-state index contributed by atoms with van der Waals surface area (Å²) in [5.74, 6) is 0. The van der Waals surface area contributed by atoms with Crippen LogP contribution in [0.15, 0.2) is 0 Å². The zero-order valence-corrected chi connectivity index (χ0v) is 2.82. The van der Waals surface area contributed by atoms with Crippen molar-refractivity contribution in [1.82, 2.24) is 0 Å². The molecule has 0 saturated carbocycles. The Hall–Kier alpha value is -0.0805. The first-order valence-corrected chi connectivity index (χ1v) is 1.06. The molecule has 0 aliphatic carbocycles. The molecule has 0 aromatic rings. The van der Waals surface area contributed by atoms with Gasteiger partial charge in [0, 0.05) is 0 Å². The molecular formula is HFeNO2. The molecule has 0 aliphatic rings. The van der Waals surface area contributed by atoms with E-state index >= 15 is 0 Å². The first kappa shape index (κ1) is 3.92. The summed E-state index contributed by atoms with van der Waals surface area (Å²) in [5, 5.41) is 8.72. The average molecular weight is 103 g/mol. The van der Waals surface area contributed by atoms with Crippen molar-refractivity contribution in [2.24, 2.45) is 0 Å². The van der Waals surface area contributed by atoms with Gasteiger partial charge in [0.05, 0.1) is 0 Å². The minimum atomic E-state index is -0.688. The second-order valence-electron chi connectivity index (χ2n) is 0.213. The number of nitrogens with zero attached hydrogens (tertiary/aromatic N) is 1. The van der Waals surface area contributed by atoms with Crippen molar-refractivity contribution in [1.29, 1.82) is 0 Å². The number of hydrogen-bond donors (Lipinski definition) is 0. The Morgan fingerprint density at radius 1 is 2.00 bits per heavy atom. The second-order valence-corrected chi connectivity index (χ2v) is 0.644. The van der Waals surface area contributed by atoms with Gasteiger partial charge >= 0.3 is 30.3 Å². The first-order valence-electron chi connectivity index (χ1n) is 0.534. The first-order chi connectivity index (χ1) is 1.73. The van der Waals surface area contributed by atoms with Crippen LogP contribution >= 0.6 is 0 Å². The molecule has 26 valence electrons. The third-order valence-electron chi connectivity index (χ3n) is 0. The maximum absolute atomic E-state index is 8.72. The van der Waals surface area contributed by atoms with E-state index < -0.39 is 3.94 Å². The van der Waals surface area contributed by atoms with Gasteiger partial charge in [-0.05, 0) is 0 Å². The summed E-state index contributed by atoms with van der Waals surface area (Å²) in [6.07, 6.45) is 0. The van der Waals surface area contributed by atoms with Gasteiger partial charge in [0.25, 0.3) is 0 Å². The SMILES string of the molecule is O=[N+]([O-])[FeH]. The van der Waals surface area contributed by atoms with Gasteiger partial charge in [-0.3, -0.25) is 0 Å². The topological polar surface area (TPSA) is 43.1 Å². The van der Waals surface area contributed by atoms with E-state index in [9.17, 15) is 0 Å². The summed E-state index contributed by atoms with van der Waals surface area (Å²) in [5.41, 5.74) is 0. The minimum absolute atomic E-state index is 0.688. The summed E-state index contributed by atoms with van der Waals surface area (Å²) in [4.78, 5) is 8.72. The predicted octanol–water partition coefficient (Wildman–Crippen LogP) is -0.543. The predicted molar refractivity (Wildman–Crippen MR) is 8.39 cm³/mol. The second kappa shape index (κ2) is 1.26. The van der Waals surface area contributed by atoms with Crippen molar-refractivity contribution in [3.05, 3.63) is 10.1 Å². The van der Waals surface area contributed by atoms with Crippen LogP contribution in [-0.2, 0) is 16.2 Å². The third-order valence-corrected chi connectivity index (χ3v) is 0. The monoisotopic (exact) mass is 103 g/mol. The molecule has 0 bridgehead atoms. The Kier molecular flexibility index (Phi) is 1.24. The van der Waals surface area contributed by atoms with Crippen molar-refractivity contribution in [3.63, 3.8) is 0 Å². The van der Waals surface area contributed by atoms with E-state index in [1.165, 1.54) is 0 Å². The van der Waals surface area contributed by atoms with Gasteiger partial charge in [-0.15, -0.1) is 0 Å². The van der Waals surface area contributed by atoms with Gasteiger partial charge in [-0.2, -0.15) is 0 Å². The van der Waals surface area contributed by atoms with Crippen LogP contribution in [0.4, 0.5) is 0 Å². The van der Waals surface area contributed by atoms with E-state index in [2.05, 4.69) is 0 Å². The molecule has 0 amide bonds. The van der Waals surface area contributed by atoms with Crippen LogP contribution in [-0.4, -0.2) is 3.94 Å². The van der Waals surface area contributed by atoms with Gasteiger partial charge < -0.3 is 0 Å². The molecule has 0 rings (SSSR count). The summed E-state index contributed by atoms with van der Waals surface area (Å²) in [7, 11) is 0. The van der Waals surface area contributed by atoms with Gasteiger partial charge in [0.1, 0.15) is 0 Å². The van der Waals surface area contributed by atoms with Gasteiger partial charge in [0.2, 0.25) is 0 Å². The fourth-order valence-electron chi connectivity index (χ4n) is 0. The maximum atomic E-state index is 8.72. The quantitative estimate of drug-likeness (QED) is 0.234. The molecule has 0 aromatic heterocycles. The van der Waals surface area contributed by atoms with Gasteiger partial charge in [-0.25, -0.2) is 0 Å². The zero-order chi connectivity index (χ0) is 3.58. The molecule has 3 nitrogen and oxygen atoms in total. The fourth-order valence-corrected chi connectivity index (χ4v) is 0. The van der Waals surface area contributed by atoms with E-state index in [1.54, 1.807) is 0 Å². The number of nitro groups is 1. The molecule has 0 aromatic carbocycles. The molecule has 0 atom stereocenters. The molecule has 0 spiro atoms. The van der Waals surface area contributed by atoms with Crippen molar-refractivity contribution < 1.29 is 20.2 Å². The summed E-state index contributed by atoms with van der Waals surface area (Å²) < 4.78 is -0.688. The summed E-state index contributed by atoms with van der Waals surface area (Å²) in [6, 6.07) is 0. The van der Waals surface area contributed by atoms with Crippen molar-refractivity contribution in [2.75, 3.05) is 0 Å². The van der Waals surface area contributed by atoms with Crippen LogP contribution in [0, 0.1) is 10.1 Å². The average Bonchev–Trinajstić information content (AvgIpc) is 0.811. The molecule has 0 unspecified atom stereocenters. The van der Waals surface area contributed by atoms with E-state index in [0.717, 1.165) is 0 Å². The van der Waals surface area contributed by atoms with Crippen molar-refractivity contribution in [2.45, 2.75) is 0 Å². The Morgan fingerprint density at radius 2 is 2.00 bits per heavy atom. The molecule has 4 heavy (non-hydrogen) atoms. The Bertz CT molecular complexity index is 29.0. The molecule has 4 heteroatoms. The van der Waals surface area contributed by atoms with Crippen LogP contribution in [0.25, 0.3) is 0 Å². The van der Waals surface area contributed by atoms with E-state index in [4.69, 9.17) is 10.1 Å². The van der Waals surface area contributed by atoms with Gasteiger partial charge in [-0.1, -0.05) is 0 Å². The normalized spacial score (nSPS) is 6.50. The summed E-state index contributed by atoms with van der Waals surface area (Å²) in [6.45, 7) is 0. The van der Waals surface area contributed by atoms with Crippen LogP contribution in [0.3, 0.4) is 0 Å². The molecule has 0 fully saturated rings. The summed E-state index contributed by atoms with van der Waals surface area (Å²) >= 11 is 1.99. The van der Waals surface area contributed by atoms with Crippen LogP contribution in [0.5, 0.6) is 0 Å². The molecule has 0 radical (unpaired) electrons. The Labute approximate surface area is 31.2 Å². The van der Waals surface area contributed by atoms with E-state index in [1.807, 2.05) is 16.2 Å². The standard InChI is InChI=1S/Fe.NO2.H/c;2-1-3;. The molecule has 0 N–H and O–H groups in total.